The predicted octanol–water partition coefficient (Wildman–Crippen LogP) is 1.31. The van der Waals surface area contributed by atoms with Crippen LogP contribution in [0.1, 0.15) is 11.4 Å². The molecule has 0 amide bonds. The number of rotatable bonds is 4. The second kappa shape index (κ2) is 5.59. The molecule has 96 valence electrons. The summed E-state index contributed by atoms with van der Waals surface area (Å²) < 4.78 is 0.826. The molecule has 0 saturated heterocycles. The molecule has 0 aliphatic carbocycles. The van der Waals surface area contributed by atoms with Gasteiger partial charge in [-0.15, -0.1) is 10.2 Å². The van der Waals surface area contributed by atoms with Gasteiger partial charge in [-0.1, -0.05) is 11.3 Å². The summed E-state index contributed by atoms with van der Waals surface area (Å²) in [5.41, 5.74) is 7.34. The van der Waals surface area contributed by atoms with E-state index in [1.807, 2.05) is 32.0 Å². The van der Waals surface area contributed by atoms with E-state index in [1.165, 1.54) is 23.1 Å². The first kappa shape index (κ1) is 13.2. The van der Waals surface area contributed by atoms with Crippen LogP contribution in [0, 0.1) is 6.92 Å². The second-order valence-electron chi connectivity index (χ2n) is 3.83. The summed E-state index contributed by atoms with van der Waals surface area (Å²) in [6.07, 6.45) is 0. The Bertz CT molecular complexity index is 539. The highest BCUT2D eigenvalue weighted by Gasteiger charge is 2.10. The third-order valence-electron chi connectivity index (χ3n) is 2.05. The summed E-state index contributed by atoms with van der Waals surface area (Å²) in [5, 5.41) is 9.70. The van der Waals surface area contributed by atoms with Gasteiger partial charge in [-0.05, 0) is 24.8 Å². The highest BCUT2D eigenvalue weighted by molar-refractivity contribution is 8.00. The average Bonchev–Trinajstić information content (AvgIpc) is 2.76. The van der Waals surface area contributed by atoms with Gasteiger partial charge in [-0.25, -0.2) is 9.97 Å². The molecule has 2 aromatic heterocycles. The van der Waals surface area contributed by atoms with Crippen LogP contribution in [0.3, 0.4) is 0 Å². The molecule has 18 heavy (non-hydrogen) atoms. The summed E-state index contributed by atoms with van der Waals surface area (Å²) in [5.74, 6) is 0. The van der Waals surface area contributed by atoms with E-state index >= 15 is 0 Å². The van der Waals surface area contributed by atoms with Crippen LogP contribution in [0.4, 0.5) is 5.13 Å². The molecule has 0 radical (unpaired) electrons. The maximum Gasteiger partial charge on any atom is 0.208 e. The molecule has 2 aromatic rings. The minimum atomic E-state index is 0.413. The normalized spacial score (nSPS) is 10.7. The second-order valence-corrected chi connectivity index (χ2v) is 6.00. The van der Waals surface area contributed by atoms with E-state index < -0.39 is 0 Å². The van der Waals surface area contributed by atoms with Crippen molar-refractivity contribution in [2.75, 3.05) is 19.0 Å². The standard InChI is InChI=1S/C10H14N6S2/c1-6-4-7(5-11)13-8(12-6)17-10-15-14-9(18-10)16(2)3/h4H,5,11H2,1-3H3. The van der Waals surface area contributed by atoms with Crippen molar-refractivity contribution in [2.24, 2.45) is 5.73 Å². The fourth-order valence-corrected chi connectivity index (χ4v) is 2.96. The van der Waals surface area contributed by atoms with Crippen LogP contribution in [0.15, 0.2) is 15.6 Å². The van der Waals surface area contributed by atoms with Crippen molar-refractivity contribution in [3.8, 4) is 0 Å². The summed E-state index contributed by atoms with van der Waals surface area (Å²) in [6.45, 7) is 2.34. The van der Waals surface area contributed by atoms with Gasteiger partial charge in [0.1, 0.15) is 0 Å². The van der Waals surface area contributed by atoms with Gasteiger partial charge in [0, 0.05) is 26.3 Å². The van der Waals surface area contributed by atoms with E-state index in [1.54, 1.807) is 0 Å². The first-order chi connectivity index (χ1) is 8.58. The maximum atomic E-state index is 5.59. The lowest BCUT2D eigenvalue weighted by atomic mass is 10.3. The van der Waals surface area contributed by atoms with Gasteiger partial charge >= 0.3 is 0 Å². The quantitative estimate of drug-likeness (QED) is 0.847. The minimum absolute atomic E-state index is 0.413. The van der Waals surface area contributed by atoms with Crippen LogP contribution in [0.2, 0.25) is 0 Å². The Morgan fingerprint density at radius 2 is 2.11 bits per heavy atom. The predicted molar refractivity (Wildman–Crippen MR) is 73.0 cm³/mol. The molecule has 0 aliphatic rings. The molecular formula is C10H14N6S2. The number of hydrogen-bond acceptors (Lipinski definition) is 8. The fourth-order valence-electron chi connectivity index (χ4n) is 1.26. The van der Waals surface area contributed by atoms with E-state index in [9.17, 15) is 0 Å². The molecule has 0 atom stereocenters. The lowest BCUT2D eigenvalue weighted by Gasteiger charge is -2.04. The topological polar surface area (TPSA) is 80.8 Å². The number of anilines is 1. The van der Waals surface area contributed by atoms with E-state index in [2.05, 4.69) is 20.2 Å². The van der Waals surface area contributed by atoms with Gasteiger partial charge in [0.25, 0.3) is 0 Å². The van der Waals surface area contributed by atoms with Crippen LogP contribution < -0.4 is 10.6 Å². The Hall–Kier alpha value is -1.25. The Labute approximate surface area is 114 Å². The largest absolute Gasteiger partial charge is 0.353 e. The third-order valence-corrected chi connectivity index (χ3v) is 4.06. The molecule has 0 saturated carbocycles. The minimum Gasteiger partial charge on any atom is -0.353 e. The lowest BCUT2D eigenvalue weighted by Crippen LogP contribution is -2.07. The summed E-state index contributed by atoms with van der Waals surface area (Å²) >= 11 is 2.92. The molecule has 0 unspecified atom stereocenters. The van der Waals surface area contributed by atoms with Crippen molar-refractivity contribution in [3.63, 3.8) is 0 Å². The average molecular weight is 282 g/mol. The molecule has 8 heteroatoms. The van der Waals surface area contributed by atoms with Crippen LogP contribution in [-0.4, -0.2) is 34.3 Å². The van der Waals surface area contributed by atoms with Gasteiger partial charge in [0.2, 0.25) is 5.13 Å². The van der Waals surface area contributed by atoms with Gasteiger partial charge in [-0.2, -0.15) is 0 Å². The smallest absolute Gasteiger partial charge is 0.208 e. The molecule has 0 aromatic carbocycles. The summed E-state index contributed by atoms with van der Waals surface area (Å²) in [4.78, 5) is 10.6. The van der Waals surface area contributed by atoms with Crippen molar-refractivity contribution >= 4 is 28.2 Å². The summed E-state index contributed by atoms with van der Waals surface area (Å²) in [7, 11) is 3.87. The monoisotopic (exact) mass is 282 g/mol. The van der Waals surface area contributed by atoms with Crippen molar-refractivity contribution in [1.29, 1.82) is 0 Å². The zero-order valence-electron chi connectivity index (χ0n) is 10.4. The number of aryl methyl sites for hydroxylation is 1. The number of nitrogens with zero attached hydrogens (tertiary/aromatic N) is 5. The Morgan fingerprint density at radius 1 is 1.33 bits per heavy atom. The van der Waals surface area contributed by atoms with Gasteiger partial charge < -0.3 is 10.6 Å². The first-order valence-corrected chi connectivity index (χ1v) is 6.95. The number of aromatic nitrogens is 4. The molecule has 2 rings (SSSR count). The Kier molecular flexibility index (Phi) is 4.10. The van der Waals surface area contributed by atoms with Crippen molar-refractivity contribution in [2.45, 2.75) is 23.0 Å². The van der Waals surface area contributed by atoms with Gasteiger partial charge in [-0.3, -0.25) is 0 Å². The number of nitrogens with two attached hydrogens (primary N) is 1. The molecule has 2 heterocycles. The SMILES string of the molecule is Cc1cc(CN)nc(Sc2nnc(N(C)C)s2)n1. The highest BCUT2D eigenvalue weighted by Crippen LogP contribution is 2.30. The zero-order valence-corrected chi connectivity index (χ0v) is 12.0. The molecule has 0 aliphatic heterocycles. The molecule has 0 fully saturated rings. The van der Waals surface area contributed by atoms with Crippen LogP contribution in [0.25, 0.3) is 0 Å². The molecule has 0 bridgehead atoms. The Morgan fingerprint density at radius 3 is 2.72 bits per heavy atom. The first-order valence-electron chi connectivity index (χ1n) is 5.32. The highest BCUT2D eigenvalue weighted by atomic mass is 32.2. The van der Waals surface area contributed by atoms with Crippen LogP contribution in [0.5, 0.6) is 0 Å². The molecule has 0 spiro atoms. The van der Waals surface area contributed by atoms with E-state index in [0.717, 1.165) is 20.9 Å². The third kappa shape index (κ3) is 3.15. The zero-order chi connectivity index (χ0) is 13.1. The maximum absolute atomic E-state index is 5.59. The van der Waals surface area contributed by atoms with Crippen molar-refractivity contribution < 1.29 is 0 Å². The van der Waals surface area contributed by atoms with Crippen LogP contribution in [-0.2, 0) is 6.54 Å². The van der Waals surface area contributed by atoms with Crippen molar-refractivity contribution in [1.82, 2.24) is 20.2 Å². The molecule has 6 nitrogen and oxygen atoms in total. The van der Waals surface area contributed by atoms with E-state index in [-0.39, 0.29) is 0 Å². The van der Waals surface area contributed by atoms with Gasteiger partial charge in [0.05, 0.1) is 5.69 Å². The van der Waals surface area contributed by atoms with E-state index in [4.69, 9.17) is 5.73 Å². The van der Waals surface area contributed by atoms with Crippen LogP contribution >= 0.6 is 23.1 Å². The molecular weight excluding hydrogens is 268 g/mol. The Balaban J connectivity index is 2.19. The van der Waals surface area contributed by atoms with E-state index in [0.29, 0.717) is 11.7 Å². The summed E-state index contributed by atoms with van der Waals surface area (Å²) in [6, 6.07) is 1.88. The molecule has 2 N–H and O–H groups in total. The number of hydrogen-bond donors (Lipinski definition) is 1. The van der Waals surface area contributed by atoms with Gasteiger partial charge in [0.15, 0.2) is 9.50 Å². The lowest BCUT2D eigenvalue weighted by molar-refractivity contribution is 0.852. The fraction of sp³-hybridized carbons (Fsp3) is 0.400. The van der Waals surface area contributed by atoms with Crippen molar-refractivity contribution in [3.05, 3.63) is 17.5 Å².